The van der Waals surface area contributed by atoms with Gasteiger partial charge in [-0.15, -0.1) is 0 Å². The summed E-state index contributed by atoms with van der Waals surface area (Å²) in [5.74, 6) is -0.856. The molecule has 2 rings (SSSR count). The van der Waals surface area contributed by atoms with Gasteiger partial charge in [-0.1, -0.05) is 52.9 Å². The van der Waals surface area contributed by atoms with E-state index >= 15 is 0 Å². The van der Waals surface area contributed by atoms with Crippen LogP contribution in [0.4, 0.5) is 26.3 Å². The van der Waals surface area contributed by atoms with E-state index in [1.807, 2.05) is 6.92 Å². The summed E-state index contributed by atoms with van der Waals surface area (Å²) in [5, 5.41) is 2.54. The van der Waals surface area contributed by atoms with Gasteiger partial charge in [0, 0.05) is 6.04 Å². The molecule has 2 nitrogen and oxygen atoms in total. The van der Waals surface area contributed by atoms with Crippen LogP contribution in [0.1, 0.15) is 92.8 Å². The van der Waals surface area contributed by atoms with Gasteiger partial charge in [-0.3, -0.25) is 4.79 Å². The fourth-order valence-electron chi connectivity index (χ4n) is 3.58. The van der Waals surface area contributed by atoms with Crippen molar-refractivity contribution < 1.29 is 31.1 Å². The van der Waals surface area contributed by atoms with Gasteiger partial charge in [-0.25, -0.2) is 0 Å². The van der Waals surface area contributed by atoms with E-state index < -0.39 is 35.0 Å². The van der Waals surface area contributed by atoms with Crippen LogP contribution in [0.2, 0.25) is 0 Å². The van der Waals surface area contributed by atoms with Crippen LogP contribution < -0.4 is 5.32 Å². The van der Waals surface area contributed by atoms with Crippen molar-refractivity contribution in [3.05, 3.63) is 34.4 Å². The van der Waals surface area contributed by atoms with E-state index in [0.717, 1.165) is 19.8 Å². The van der Waals surface area contributed by atoms with Crippen LogP contribution in [0.3, 0.4) is 0 Å². The van der Waals surface area contributed by atoms with Crippen LogP contribution in [0.25, 0.3) is 0 Å². The number of rotatable bonds is 5. The second-order valence-corrected chi connectivity index (χ2v) is 7.91. The number of carbonyl (C=O) groups is 1. The molecular formula is C22H31F6NO. The SMILES string of the molecule is CCCCCC.Cc1cc(C(F)(F)F)cc(C(F)(F)F)c1C(=O)NC1CCC[C@H]1C. The molecule has 1 aliphatic carbocycles. The topological polar surface area (TPSA) is 29.1 Å². The number of hydrogen-bond acceptors (Lipinski definition) is 1. The van der Waals surface area contributed by atoms with Crippen molar-refractivity contribution in [1.29, 1.82) is 0 Å². The summed E-state index contributed by atoms with van der Waals surface area (Å²) in [4.78, 5) is 12.3. The van der Waals surface area contributed by atoms with E-state index in [4.69, 9.17) is 0 Å². The molecule has 8 heteroatoms. The molecule has 30 heavy (non-hydrogen) atoms. The van der Waals surface area contributed by atoms with Crippen LogP contribution >= 0.6 is 0 Å². The lowest BCUT2D eigenvalue weighted by Gasteiger charge is -2.21. The molecular weight excluding hydrogens is 408 g/mol. The minimum atomic E-state index is -5.06. The fourth-order valence-corrected chi connectivity index (χ4v) is 3.58. The van der Waals surface area contributed by atoms with Gasteiger partial charge in [-0.2, -0.15) is 26.3 Å². The van der Waals surface area contributed by atoms with Gasteiger partial charge < -0.3 is 5.32 Å². The second kappa shape index (κ2) is 11.0. The van der Waals surface area contributed by atoms with Gasteiger partial charge >= 0.3 is 12.4 Å². The maximum atomic E-state index is 13.2. The van der Waals surface area contributed by atoms with Crippen LogP contribution in [0.15, 0.2) is 12.1 Å². The van der Waals surface area contributed by atoms with Crippen molar-refractivity contribution in [3.8, 4) is 0 Å². The Balaban J connectivity index is 0.000000656. The van der Waals surface area contributed by atoms with Crippen molar-refractivity contribution >= 4 is 5.91 Å². The van der Waals surface area contributed by atoms with Gasteiger partial charge in [0.15, 0.2) is 0 Å². The minimum absolute atomic E-state index is 0.00000992. The summed E-state index contributed by atoms with van der Waals surface area (Å²) in [6.45, 7) is 7.42. The molecule has 0 saturated heterocycles. The molecule has 1 unspecified atom stereocenters. The molecule has 172 valence electrons. The van der Waals surface area contributed by atoms with Gasteiger partial charge in [0.05, 0.1) is 16.7 Å². The molecule has 1 aromatic rings. The van der Waals surface area contributed by atoms with Gasteiger partial charge in [0.2, 0.25) is 0 Å². The van der Waals surface area contributed by atoms with Gasteiger partial charge in [0.1, 0.15) is 0 Å². The number of nitrogens with one attached hydrogen (secondary N) is 1. The molecule has 2 atom stereocenters. The summed E-state index contributed by atoms with van der Waals surface area (Å²) < 4.78 is 77.9. The summed E-state index contributed by atoms with van der Waals surface area (Å²) in [5.41, 5.74) is -4.06. The first-order valence-corrected chi connectivity index (χ1v) is 10.4. The number of benzene rings is 1. The Morgan fingerprint density at radius 2 is 1.57 bits per heavy atom. The van der Waals surface area contributed by atoms with E-state index in [-0.39, 0.29) is 23.6 Å². The smallest absolute Gasteiger partial charge is 0.349 e. The minimum Gasteiger partial charge on any atom is -0.349 e. The monoisotopic (exact) mass is 439 g/mol. The Morgan fingerprint density at radius 3 is 1.97 bits per heavy atom. The van der Waals surface area contributed by atoms with Crippen LogP contribution in [-0.4, -0.2) is 11.9 Å². The molecule has 0 spiro atoms. The lowest BCUT2D eigenvalue weighted by Crippen LogP contribution is -2.38. The fraction of sp³-hybridized carbons (Fsp3) is 0.682. The number of unbranched alkanes of at least 4 members (excludes halogenated alkanes) is 3. The number of alkyl halides is 6. The highest BCUT2D eigenvalue weighted by Crippen LogP contribution is 2.39. The van der Waals surface area contributed by atoms with Gasteiger partial charge in [0.25, 0.3) is 5.91 Å². The average Bonchev–Trinajstić information content (AvgIpc) is 3.02. The Bertz CT molecular complexity index is 692. The number of hydrogen-bond donors (Lipinski definition) is 1. The summed E-state index contributed by atoms with van der Waals surface area (Å²) in [7, 11) is 0. The predicted octanol–water partition coefficient (Wildman–Crippen LogP) is 7.54. The van der Waals surface area contributed by atoms with Crippen molar-refractivity contribution in [1.82, 2.24) is 5.32 Å². The molecule has 1 fully saturated rings. The second-order valence-electron chi connectivity index (χ2n) is 7.91. The predicted molar refractivity (Wildman–Crippen MR) is 105 cm³/mol. The standard InChI is InChI=1S/C16H17F6NO.C6H14/c1-8-4-3-5-12(8)23-14(24)13-9(2)6-10(15(17,18)19)7-11(13)16(20,21)22;1-3-5-6-4-2/h6-8,12H,3-5H2,1-2H3,(H,23,24);3-6H2,1-2H3/t8-,12?;/m1./s1. The zero-order valence-electron chi connectivity index (χ0n) is 17.9. The highest BCUT2D eigenvalue weighted by molar-refractivity contribution is 5.97. The third-order valence-corrected chi connectivity index (χ3v) is 5.33. The normalized spacial score (nSPS) is 19.3. The first-order valence-electron chi connectivity index (χ1n) is 10.4. The molecule has 0 radical (unpaired) electrons. The zero-order valence-corrected chi connectivity index (χ0v) is 17.9. The summed E-state index contributed by atoms with van der Waals surface area (Å²) >= 11 is 0. The first-order chi connectivity index (χ1) is 13.8. The lowest BCUT2D eigenvalue weighted by atomic mass is 9.96. The molecule has 1 amide bonds. The Kier molecular flexibility index (Phi) is 9.69. The summed E-state index contributed by atoms with van der Waals surface area (Å²) in [6, 6.07) is 0.308. The van der Waals surface area contributed by atoms with Crippen molar-refractivity contribution in [3.63, 3.8) is 0 Å². The van der Waals surface area contributed by atoms with E-state index in [0.29, 0.717) is 12.5 Å². The van der Waals surface area contributed by atoms with Crippen LogP contribution in [0, 0.1) is 12.8 Å². The van der Waals surface area contributed by atoms with Crippen LogP contribution in [0.5, 0.6) is 0 Å². The quantitative estimate of drug-likeness (QED) is 0.373. The number of carbonyl (C=O) groups excluding carboxylic acids is 1. The van der Waals surface area contributed by atoms with Crippen LogP contribution in [-0.2, 0) is 12.4 Å². The van der Waals surface area contributed by atoms with E-state index in [9.17, 15) is 31.1 Å². The van der Waals surface area contributed by atoms with E-state index in [2.05, 4.69) is 19.2 Å². The maximum Gasteiger partial charge on any atom is 0.417 e. The maximum absolute atomic E-state index is 13.2. The van der Waals surface area contributed by atoms with Gasteiger partial charge in [-0.05, 0) is 43.4 Å². The average molecular weight is 439 g/mol. The molecule has 1 aromatic carbocycles. The lowest BCUT2D eigenvalue weighted by molar-refractivity contribution is -0.143. The molecule has 0 aromatic heterocycles. The molecule has 1 N–H and O–H groups in total. The molecule has 1 saturated carbocycles. The highest BCUT2D eigenvalue weighted by atomic mass is 19.4. The Labute approximate surface area is 174 Å². The number of aryl methyl sites for hydroxylation is 1. The third-order valence-electron chi connectivity index (χ3n) is 5.33. The largest absolute Gasteiger partial charge is 0.417 e. The van der Waals surface area contributed by atoms with E-state index in [1.54, 1.807) is 0 Å². The van der Waals surface area contributed by atoms with E-state index in [1.165, 1.54) is 25.7 Å². The Morgan fingerprint density at radius 1 is 1.00 bits per heavy atom. The number of halogens is 6. The number of amides is 1. The zero-order chi connectivity index (χ0) is 23.1. The first kappa shape index (κ1) is 26.3. The van der Waals surface area contributed by atoms with Crippen molar-refractivity contribution in [2.24, 2.45) is 5.92 Å². The van der Waals surface area contributed by atoms with Crippen molar-refractivity contribution in [2.45, 2.75) is 91.0 Å². The van der Waals surface area contributed by atoms with Crippen molar-refractivity contribution in [2.75, 3.05) is 0 Å². The molecule has 0 heterocycles. The molecule has 0 bridgehead atoms. The molecule has 0 aliphatic heterocycles. The molecule has 1 aliphatic rings. The highest BCUT2D eigenvalue weighted by Gasteiger charge is 2.41. The summed E-state index contributed by atoms with van der Waals surface area (Å²) in [6.07, 6.45) is -2.09. The Hall–Kier alpha value is -1.73. The third kappa shape index (κ3) is 7.51.